The minimum absolute atomic E-state index is 0.0524. The van der Waals surface area contributed by atoms with E-state index in [4.69, 9.17) is 5.73 Å². The predicted molar refractivity (Wildman–Crippen MR) is 73.4 cm³/mol. The smallest absolute Gasteiger partial charge is 0.222 e. The third-order valence-electron chi connectivity index (χ3n) is 4.32. The van der Waals surface area contributed by atoms with Crippen molar-refractivity contribution in [2.75, 3.05) is 19.6 Å². The van der Waals surface area contributed by atoms with Gasteiger partial charge in [0, 0.05) is 38.5 Å². The van der Waals surface area contributed by atoms with Crippen LogP contribution in [-0.2, 0) is 9.59 Å². The lowest BCUT2D eigenvalue weighted by atomic mass is 9.84. The summed E-state index contributed by atoms with van der Waals surface area (Å²) in [6, 6.07) is 0.370. The first-order valence-electron chi connectivity index (χ1n) is 7.45. The van der Waals surface area contributed by atoms with Gasteiger partial charge in [0.15, 0.2) is 0 Å². The van der Waals surface area contributed by atoms with Crippen LogP contribution >= 0.6 is 0 Å². The maximum Gasteiger partial charge on any atom is 0.222 e. The normalized spacial score (nSPS) is 28.7. The number of hydrogen-bond donors (Lipinski definition) is 2. The molecule has 0 radical (unpaired) electrons. The van der Waals surface area contributed by atoms with Gasteiger partial charge in [0.05, 0.1) is 0 Å². The molecule has 1 saturated heterocycles. The molecule has 0 aromatic rings. The molecular weight excluding hydrogens is 242 g/mol. The zero-order chi connectivity index (χ0) is 13.7. The van der Waals surface area contributed by atoms with Gasteiger partial charge in [0.25, 0.3) is 0 Å². The van der Waals surface area contributed by atoms with Crippen molar-refractivity contribution in [1.82, 2.24) is 10.2 Å². The van der Waals surface area contributed by atoms with E-state index in [1.54, 1.807) is 0 Å². The Morgan fingerprint density at radius 2 is 2.00 bits per heavy atom. The summed E-state index contributed by atoms with van der Waals surface area (Å²) in [5.74, 6) is 0.915. The van der Waals surface area contributed by atoms with Gasteiger partial charge in [-0.1, -0.05) is 0 Å². The molecule has 5 nitrogen and oxygen atoms in total. The summed E-state index contributed by atoms with van der Waals surface area (Å²) in [6.07, 6.45) is 6.55. The van der Waals surface area contributed by atoms with Gasteiger partial charge in [0.1, 0.15) is 0 Å². The van der Waals surface area contributed by atoms with Crippen molar-refractivity contribution in [3.05, 3.63) is 0 Å². The van der Waals surface area contributed by atoms with Crippen LogP contribution < -0.4 is 11.1 Å². The third-order valence-corrected chi connectivity index (χ3v) is 4.32. The Morgan fingerprint density at radius 3 is 2.74 bits per heavy atom. The van der Waals surface area contributed by atoms with E-state index < -0.39 is 0 Å². The van der Waals surface area contributed by atoms with Crippen LogP contribution in [0, 0.1) is 5.92 Å². The van der Waals surface area contributed by atoms with Crippen molar-refractivity contribution in [2.24, 2.45) is 11.7 Å². The molecule has 0 aromatic carbocycles. The highest BCUT2D eigenvalue weighted by molar-refractivity contribution is 5.80. The van der Waals surface area contributed by atoms with Gasteiger partial charge in [-0.15, -0.1) is 0 Å². The highest BCUT2D eigenvalue weighted by Gasteiger charge is 2.22. The van der Waals surface area contributed by atoms with E-state index in [9.17, 15) is 9.59 Å². The number of carbonyl (C=O) groups is 2. The Morgan fingerprint density at radius 1 is 1.26 bits per heavy atom. The number of rotatable bonds is 3. The van der Waals surface area contributed by atoms with Crippen molar-refractivity contribution in [3.63, 3.8) is 0 Å². The second-order valence-corrected chi connectivity index (χ2v) is 5.80. The first-order chi connectivity index (χ1) is 9.15. The van der Waals surface area contributed by atoms with E-state index in [0.29, 0.717) is 44.4 Å². The summed E-state index contributed by atoms with van der Waals surface area (Å²) < 4.78 is 0. The van der Waals surface area contributed by atoms with Crippen LogP contribution in [0.15, 0.2) is 0 Å². The molecule has 0 atom stereocenters. The summed E-state index contributed by atoms with van der Waals surface area (Å²) in [6.45, 7) is 1.81. The Bertz CT molecular complexity index is 325. The zero-order valence-corrected chi connectivity index (χ0v) is 11.6. The van der Waals surface area contributed by atoms with Crippen molar-refractivity contribution >= 4 is 11.8 Å². The van der Waals surface area contributed by atoms with Gasteiger partial charge < -0.3 is 16.0 Å². The molecule has 2 fully saturated rings. The molecule has 2 aliphatic rings. The van der Waals surface area contributed by atoms with Crippen LogP contribution in [0.3, 0.4) is 0 Å². The molecule has 1 aliphatic heterocycles. The second kappa shape index (κ2) is 6.89. The molecule has 5 heteroatoms. The zero-order valence-electron chi connectivity index (χ0n) is 11.6. The van der Waals surface area contributed by atoms with Gasteiger partial charge in [-0.05, 0) is 38.0 Å². The van der Waals surface area contributed by atoms with Crippen LogP contribution in [0.2, 0.25) is 0 Å². The van der Waals surface area contributed by atoms with Crippen LogP contribution in [0.4, 0.5) is 0 Å². The summed E-state index contributed by atoms with van der Waals surface area (Å²) >= 11 is 0. The largest absolute Gasteiger partial charge is 0.354 e. The Hall–Kier alpha value is -1.10. The molecule has 0 spiro atoms. The molecule has 2 amide bonds. The summed E-state index contributed by atoms with van der Waals surface area (Å²) in [5, 5.41) is 2.79. The van der Waals surface area contributed by atoms with E-state index >= 15 is 0 Å². The standard InChI is InChI=1S/C14H25N3O2/c15-12-4-1-11(2-5-12)3-6-14(19)17-9-7-13(18)16-8-10-17/h11-12H,1-10,15H2,(H,16,18). The van der Waals surface area contributed by atoms with Gasteiger partial charge in [-0.25, -0.2) is 0 Å². The fourth-order valence-electron chi connectivity index (χ4n) is 2.98. The van der Waals surface area contributed by atoms with Crippen molar-refractivity contribution in [3.8, 4) is 0 Å². The fourth-order valence-corrected chi connectivity index (χ4v) is 2.98. The van der Waals surface area contributed by atoms with E-state index in [1.165, 1.54) is 0 Å². The molecule has 1 saturated carbocycles. The highest BCUT2D eigenvalue weighted by atomic mass is 16.2. The Kier molecular flexibility index (Phi) is 5.19. The van der Waals surface area contributed by atoms with Gasteiger partial charge >= 0.3 is 0 Å². The SMILES string of the molecule is NC1CCC(CCC(=O)N2CCNC(=O)CC2)CC1. The van der Waals surface area contributed by atoms with E-state index in [0.717, 1.165) is 32.1 Å². The van der Waals surface area contributed by atoms with Crippen LogP contribution in [-0.4, -0.2) is 42.4 Å². The van der Waals surface area contributed by atoms with Crippen LogP contribution in [0.25, 0.3) is 0 Å². The molecule has 1 heterocycles. The predicted octanol–water partition coefficient (Wildman–Crippen LogP) is 0.633. The van der Waals surface area contributed by atoms with E-state index in [1.807, 2.05) is 4.90 Å². The molecule has 2 rings (SSSR count). The van der Waals surface area contributed by atoms with Crippen molar-refractivity contribution < 1.29 is 9.59 Å². The topological polar surface area (TPSA) is 75.4 Å². The first-order valence-corrected chi connectivity index (χ1v) is 7.45. The minimum atomic E-state index is 0.0524. The molecule has 0 bridgehead atoms. The average molecular weight is 267 g/mol. The van der Waals surface area contributed by atoms with Crippen molar-refractivity contribution in [1.29, 1.82) is 0 Å². The molecular formula is C14H25N3O2. The molecule has 19 heavy (non-hydrogen) atoms. The highest BCUT2D eigenvalue weighted by Crippen LogP contribution is 2.27. The molecule has 0 aromatic heterocycles. The summed E-state index contributed by atoms with van der Waals surface area (Å²) in [7, 11) is 0. The van der Waals surface area contributed by atoms with Gasteiger partial charge in [0.2, 0.25) is 11.8 Å². The quantitative estimate of drug-likeness (QED) is 0.787. The van der Waals surface area contributed by atoms with E-state index in [-0.39, 0.29) is 11.8 Å². The number of nitrogens with zero attached hydrogens (tertiary/aromatic N) is 1. The second-order valence-electron chi connectivity index (χ2n) is 5.80. The number of nitrogens with two attached hydrogens (primary N) is 1. The fraction of sp³-hybridized carbons (Fsp3) is 0.857. The lowest BCUT2D eigenvalue weighted by Gasteiger charge is -2.27. The number of nitrogens with one attached hydrogen (secondary N) is 1. The maximum absolute atomic E-state index is 12.1. The first kappa shape index (κ1) is 14.3. The summed E-state index contributed by atoms with van der Waals surface area (Å²) in [4.78, 5) is 25.2. The average Bonchev–Trinajstić information content (AvgIpc) is 2.63. The van der Waals surface area contributed by atoms with E-state index in [2.05, 4.69) is 5.32 Å². The molecule has 108 valence electrons. The Labute approximate surface area is 114 Å². The van der Waals surface area contributed by atoms with Crippen LogP contribution in [0.5, 0.6) is 0 Å². The Balaban J connectivity index is 1.70. The number of hydrogen-bond acceptors (Lipinski definition) is 3. The summed E-state index contributed by atoms with van der Waals surface area (Å²) in [5.41, 5.74) is 5.89. The minimum Gasteiger partial charge on any atom is -0.354 e. The number of amides is 2. The van der Waals surface area contributed by atoms with Gasteiger partial charge in [-0.3, -0.25) is 9.59 Å². The lowest BCUT2D eigenvalue weighted by molar-refractivity contribution is -0.131. The lowest BCUT2D eigenvalue weighted by Crippen LogP contribution is -2.34. The van der Waals surface area contributed by atoms with Crippen molar-refractivity contribution in [2.45, 2.75) is 51.0 Å². The third kappa shape index (κ3) is 4.49. The van der Waals surface area contributed by atoms with Gasteiger partial charge in [-0.2, -0.15) is 0 Å². The molecule has 0 unspecified atom stereocenters. The molecule has 1 aliphatic carbocycles. The maximum atomic E-state index is 12.1. The van der Waals surface area contributed by atoms with Crippen LogP contribution in [0.1, 0.15) is 44.9 Å². The molecule has 3 N–H and O–H groups in total. The monoisotopic (exact) mass is 267 g/mol. The number of carbonyl (C=O) groups excluding carboxylic acids is 2.